The first kappa shape index (κ1) is 14.7. The van der Waals surface area contributed by atoms with Crippen molar-refractivity contribution in [2.24, 2.45) is 0 Å². The number of allylic oxidation sites excluding steroid dienone is 3. The topological polar surface area (TPSA) is 29.1 Å². The van der Waals surface area contributed by atoms with Crippen molar-refractivity contribution in [1.29, 1.82) is 0 Å². The highest BCUT2D eigenvalue weighted by atomic mass is 16.1. The van der Waals surface area contributed by atoms with E-state index in [1.54, 1.807) is 6.08 Å². The summed E-state index contributed by atoms with van der Waals surface area (Å²) in [5.74, 6) is 0.213. The monoisotopic (exact) mass is 269 g/mol. The number of rotatable bonds is 5. The molecule has 1 aromatic rings. The van der Waals surface area contributed by atoms with Crippen molar-refractivity contribution in [1.82, 2.24) is 5.32 Å². The second-order valence-electron chi connectivity index (χ2n) is 5.45. The summed E-state index contributed by atoms with van der Waals surface area (Å²) in [6.45, 7) is 3.07. The quantitative estimate of drug-likeness (QED) is 0.651. The molecule has 1 heterocycles. The van der Waals surface area contributed by atoms with Crippen molar-refractivity contribution in [3.8, 4) is 0 Å². The highest BCUT2D eigenvalue weighted by Gasteiger charge is 2.14. The molecule has 0 saturated carbocycles. The van der Waals surface area contributed by atoms with E-state index in [9.17, 15) is 4.79 Å². The second-order valence-corrected chi connectivity index (χ2v) is 5.45. The molecule has 0 amide bonds. The van der Waals surface area contributed by atoms with Gasteiger partial charge in [-0.2, -0.15) is 0 Å². The molecular weight excluding hydrogens is 246 g/mol. The fourth-order valence-corrected chi connectivity index (χ4v) is 2.49. The Balaban J connectivity index is 1.85. The van der Waals surface area contributed by atoms with Crippen LogP contribution in [0.25, 0.3) is 6.08 Å². The lowest BCUT2D eigenvalue weighted by molar-refractivity contribution is -0.115. The first-order valence-corrected chi connectivity index (χ1v) is 7.42. The van der Waals surface area contributed by atoms with Crippen LogP contribution in [0.15, 0.2) is 48.1 Å². The van der Waals surface area contributed by atoms with Crippen molar-refractivity contribution in [2.45, 2.75) is 38.6 Å². The van der Waals surface area contributed by atoms with Gasteiger partial charge < -0.3 is 5.32 Å². The minimum atomic E-state index is 0.213. The van der Waals surface area contributed by atoms with E-state index in [4.69, 9.17) is 0 Å². The summed E-state index contributed by atoms with van der Waals surface area (Å²) in [6, 6.07) is 10.5. The number of piperidine rings is 1. The van der Waals surface area contributed by atoms with Crippen LogP contribution in [-0.2, 0) is 4.79 Å². The van der Waals surface area contributed by atoms with E-state index >= 15 is 0 Å². The van der Waals surface area contributed by atoms with Gasteiger partial charge in [0.1, 0.15) is 0 Å². The van der Waals surface area contributed by atoms with E-state index < -0.39 is 0 Å². The van der Waals surface area contributed by atoms with Gasteiger partial charge in [-0.05, 0) is 37.9 Å². The Labute approximate surface area is 121 Å². The van der Waals surface area contributed by atoms with Crippen LogP contribution < -0.4 is 5.32 Å². The summed E-state index contributed by atoms with van der Waals surface area (Å²) >= 11 is 0. The molecule has 2 rings (SSSR count). The lowest BCUT2D eigenvalue weighted by Crippen LogP contribution is -2.35. The number of nitrogens with one attached hydrogen (secondary N) is 1. The van der Waals surface area contributed by atoms with Crippen LogP contribution >= 0.6 is 0 Å². The molecular formula is C18H23NO. The van der Waals surface area contributed by atoms with Crippen LogP contribution in [0, 0.1) is 0 Å². The van der Waals surface area contributed by atoms with Crippen LogP contribution in [0.1, 0.15) is 38.2 Å². The number of hydrogen-bond donors (Lipinski definition) is 1. The third-order valence-corrected chi connectivity index (χ3v) is 3.59. The molecule has 1 aliphatic rings. The highest BCUT2D eigenvalue weighted by molar-refractivity contribution is 5.90. The van der Waals surface area contributed by atoms with Crippen LogP contribution in [0.4, 0.5) is 0 Å². The lowest BCUT2D eigenvalue weighted by Gasteiger charge is -2.22. The van der Waals surface area contributed by atoms with Gasteiger partial charge in [-0.15, -0.1) is 0 Å². The maximum Gasteiger partial charge on any atom is 0.157 e. The summed E-state index contributed by atoms with van der Waals surface area (Å²) in [6.07, 6.45) is 9.93. The molecule has 106 valence electrons. The zero-order chi connectivity index (χ0) is 14.2. The van der Waals surface area contributed by atoms with Crippen molar-refractivity contribution in [3.05, 3.63) is 53.6 Å². The zero-order valence-corrected chi connectivity index (χ0v) is 12.1. The van der Waals surface area contributed by atoms with E-state index in [1.807, 2.05) is 31.2 Å². The third kappa shape index (κ3) is 5.14. The van der Waals surface area contributed by atoms with Gasteiger partial charge in [-0.3, -0.25) is 4.79 Å². The van der Waals surface area contributed by atoms with Gasteiger partial charge in [0.2, 0.25) is 0 Å². The maximum atomic E-state index is 11.9. The Kier molecular flexibility index (Phi) is 5.75. The minimum absolute atomic E-state index is 0.213. The van der Waals surface area contributed by atoms with Crippen LogP contribution in [0.2, 0.25) is 0 Å². The fourth-order valence-electron chi connectivity index (χ4n) is 2.49. The van der Waals surface area contributed by atoms with Gasteiger partial charge in [-0.25, -0.2) is 0 Å². The molecule has 1 aliphatic heterocycles. The zero-order valence-electron chi connectivity index (χ0n) is 12.1. The first-order chi connectivity index (χ1) is 9.74. The Morgan fingerprint density at radius 3 is 2.75 bits per heavy atom. The van der Waals surface area contributed by atoms with Crippen LogP contribution in [0.3, 0.4) is 0 Å². The van der Waals surface area contributed by atoms with Crippen molar-refractivity contribution in [2.75, 3.05) is 6.54 Å². The summed E-state index contributed by atoms with van der Waals surface area (Å²) in [5.41, 5.74) is 2.26. The molecule has 2 heteroatoms. The highest BCUT2D eigenvalue weighted by Crippen LogP contribution is 2.11. The molecule has 0 radical (unpaired) electrons. The average Bonchev–Trinajstić information content (AvgIpc) is 2.47. The van der Waals surface area contributed by atoms with Crippen LogP contribution in [-0.4, -0.2) is 18.4 Å². The SMILES string of the molecule is CC(C=CC(=O)CC1CCCCN1)=Cc1ccccc1. The van der Waals surface area contributed by atoms with Gasteiger partial charge in [0.15, 0.2) is 5.78 Å². The largest absolute Gasteiger partial charge is 0.314 e. The summed E-state index contributed by atoms with van der Waals surface area (Å²) in [4.78, 5) is 11.9. The molecule has 0 spiro atoms. The number of carbonyl (C=O) groups is 1. The van der Waals surface area contributed by atoms with E-state index in [0.717, 1.165) is 24.1 Å². The Hall–Kier alpha value is -1.67. The Bertz CT molecular complexity index is 481. The molecule has 2 nitrogen and oxygen atoms in total. The second kappa shape index (κ2) is 7.81. The first-order valence-electron chi connectivity index (χ1n) is 7.42. The normalized spacial score (nSPS) is 20.2. The Morgan fingerprint density at radius 2 is 2.05 bits per heavy atom. The van der Waals surface area contributed by atoms with Gasteiger partial charge >= 0.3 is 0 Å². The minimum Gasteiger partial charge on any atom is -0.314 e. The summed E-state index contributed by atoms with van der Waals surface area (Å²) in [5, 5.41) is 3.41. The smallest absolute Gasteiger partial charge is 0.157 e. The Morgan fingerprint density at radius 1 is 1.25 bits per heavy atom. The molecule has 0 aliphatic carbocycles. The van der Waals surface area contributed by atoms with E-state index in [1.165, 1.54) is 12.8 Å². The van der Waals surface area contributed by atoms with Crippen molar-refractivity contribution < 1.29 is 4.79 Å². The van der Waals surface area contributed by atoms with Gasteiger partial charge in [0.05, 0.1) is 0 Å². The maximum absolute atomic E-state index is 11.9. The van der Waals surface area contributed by atoms with Gasteiger partial charge in [-0.1, -0.05) is 54.5 Å². The average molecular weight is 269 g/mol. The van der Waals surface area contributed by atoms with E-state index in [0.29, 0.717) is 12.5 Å². The predicted octanol–water partition coefficient (Wildman–Crippen LogP) is 3.75. The summed E-state index contributed by atoms with van der Waals surface area (Å²) in [7, 11) is 0. The standard InChI is InChI=1S/C18H23NO/c1-15(13-16-7-3-2-4-8-16)10-11-18(20)14-17-9-5-6-12-19-17/h2-4,7-8,10-11,13,17,19H,5-6,9,12,14H2,1H3. The number of hydrogen-bond acceptors (Lipinski definition) is 2. The summed E-state index contributed by atoms with van der Waals surface area (Å²) < 4.78 is 0. The molecule has 0 bridgehead atoms. The molecule has 20 heavy (non-hydrogen) atoms. The number of benzene rings is 1. The van der Waals surface area contributed by atoms with Crippen LogP contribution in [0.5, 0.6) is 0 Å². The third-order valence-electron chi connectivity index (χ3n) is 3.59. The van der Waals surface area contributed by atoms with E-state index in [-0.39, 0.29) is 5.78 Å². The molecule has 0 aromatic heterocycles. The molecule has 1 saturated heterocycles. The van der Waals surface area contributed by atoms with Gasteiger partial charge in [0, 0.05) is 12.5 Å². The molecule has 1 fully saturated rings. The number of carbonyl (C=O) groups excluding carboxylic acids is 1. The number of ketones is 1. The van der Waals surface area contributed by atoms with Gasteiger partial charge in [0.25, 0.3) is 0 Å². The lowest BCUT2D eigenvalue weighted by atomic mass is 9.99. The predicted molar refractivity (Wildman–Crippen MR) is 84.5 cm³/mol. The van der Waals surface area contributed by atoms with E-state index in [2.05, 4.69) is 23.5 Å². The van der Waals surface area contributed by atoms with Crippen molar-refractivity contribution in [3.63, 3.8) is 0 Å². The molecule has 1 aromatic carbocycles. The molecule has 1 N–H and O–H groups in total. The molecule has 1 unspecified atom stereocenters. The fraction of sp³-hybridized carbons (Fsp3) is 0.389. The van der Waals surface area contributed by atoms with Crippen molar-refractivity contribution >= 4 is 11.9 Å². The molecule has 1 atom stereocenters.